The number of methoxy groups -OCH3 is 1. The zero-order valence-electron chi connectivity index (χ0n) is 12.5. The average molecular weight is 263 g/mol. The molecule has 1 aromatic rings. The van der Waals surface area contributed by atoms with Crippen LogP contribution < -0.4 is 0 Å². The number of benzene rings is 1. The van der Waals surface area contributed by atoms with Crippen molar-refractivity contribution < 1.29 is 9.53 Å². The van der Waals surface area contributed by atoms with Crippen molar-refractivity contribution in [3.8, 4) is 0 Å². The summed E-state index contributed by atoms with van der Waals surface area (Å²) in [7, 11) is 3.45. The predicted octanol–water partition coefficient (Wildman–Crippen LogP) is 3.16. The molecule has 0 bridgehead atoms. The molecule has 19 heavy (non-hydrogen) atoms. The second kappa shape index (κ2) is 7.95. The van der Waals surface area contributed by atoms with Gasteiger partial charge in [0.15, 0.2) is 0 Å². The van der Waals surface area contributed by atoms with Gasteiger partial charge in [0.2, 0.25) is 0 Å². The van der Waals surface area contributed by atoms with Gasteiger partial charge in [-0.3, -0.25) is 9.69 Å². The van der Waals surface area contributed by atoms with Crippen LogP contribution in [0.2, 0.25) is 0 Å². The summed E-state index contributed by atoms with van der Waals surface area (Å²) in [5.41, 5.74) is 2.47. The Morgan fingerprint density at radius 1 is 1.42 bits per heavy atom. The molecule has 3 nitrogen and oxygen atoms in total. The number of nitrogens with zero attached hydrogens (tertiary/aromatic N) is 1. The molecular weight excluding hydrogens is 238 g/mol. The molecule has 0 aliphatic carbocycles. The summed E-state index contributed by atoms with van der Waals surface area (Å²) in [5.74, 6) is -0.136. The predicted molar refractivity (Wildman–Crippen MR) is 78.0 cm³/mol. The quantitative estimate of drug-likeness (QED) is 0.708. The molecule has 0 N–H and O–H groups in total. The molecule has 1 atom stereocenters. The van der Waals surface area contributed by atoms with E-state index in [9.17, 15) is 4.79 Å². The Kier molecular flexibility index (Phi) is 6.57. The standard InChI is InChI=1S/C16H25NO2/c1-5-6-10-15(16(18)19-4)17(3)12-14-9-7-8-13(2)11-14/h7-9,11,15H,5-6,10,12H2,1-4H3. The maximum atomic E-state index is 11.9. The van der Waals surface area contributed by atoms with Crippen molar-refractivity contribution in [3.05, 3.63) is 35.4 Å². The third kappa shape index (κ3) is 5.03. The van der Waals surface area contributed by atoms with Gasteiger partial charge in [-0.05, 0) is 26.0 Å². The smallest absolute Gasteiger partial charge is 0.323 e. The largest absolute Gasteiger partial charge is 0.468 e. The van der Waals surface area contributed by atoms with E-state index >= 15 is 0 Å². The molecule has 0 fully saturated rings. The summed E-state index contributed by atoms with van der Waals surface area (Å²) in [6, 6.07) is 8.24. The van der Waals surface area contributed by atoms with Gasteiger partial charge >= 0.3 is 5.97 Å². The number of likely N-dealkylation sites (N-methyl/N-ethyl adjacent to an activating group) is 1. The highest BCUT2D eigenvalue weighted by Gasteiger charge is 2.23. The van der Waals surface area contributed by atoms with Crippen molar-refractivity contribution in [2.75, 3.05) is 14.2 Å². The van der Waals surface area contributed by atoms with Crippen molar-refractivity contribution in [2.45, 2.75) is 45.7 Å². The summed E-state index contributed by atoms with van der Waals surface area (Å²) in [6.45, 7) is 4.98. The second-order valence-electron chi connectivity index (χ2n) is 5.09. The lowest BCUT2D eigenvalue weighted by molar-refractivity contribution is -0.147. The minimum Gasteiger partial charge on any atom is -0.468 e. The van der Waals surface area contributed by atoms with E-state index in [0.717, 1.165) is 25.8 Å². The molecule has 1 rings (SSSR count). The van der Waals surface area contributed by atoms with Crippen LogP contribution in [0.3, 0.4) is 0 Å². The normalized spacial score (nSPS) is 12.5. The van der Waals surface area contributed by atoms with Crippen molar-refractivity contribution in [3.63, 3.8) is 0 Å². The van der Waals surface area contributed by atoms with Crippen LogP contribution in [0, 0.1) is 6.92 Å². The fraction of sp³-hybridized carbons (Fsp3) is 0.562. The maximum Gasteiger partial charge on any atom is 0.323 e. The van der Waals surface area contributed by atoms with Crippen LogP contribution in [0.1, 0.15) is 37.3 Å². The van der Waals surface area contributed by atoms with Crippen LogP contribution in [0.15, 0.2) is 24.3 Å². The number of rotatable bonds is 7. The Labute approximate surface area is 116 Å². The molecule has 0 aromatic heterocycles. The van der Waals surface area contributed by atoms with E-state index in [4.69, 9.17) is 4.74 Å². The molecule has 0 aliphatic rings. The molecule has 0 spiro atoms. The van der Waals surface area contributed by atoms with Crippen LogP contribution in [-0.2, 0) is 16.1 Å². The fourth-order valence-electron chi connectivity index (χ4n) is 2.26. The highest BCUT2D eigenvalue weighted by molar-refractivity contribution is 5.75. The van der Waals surface area contributed by atoms with Crippen LogP contribution in [0.5, 0.6) is 0 Å². The van der Waals surface area contributed by atoms with E-state index < -0.39 is 0 Å². The first-order chi connectivity index (χ1) is 9.08. The molecule has 0 radical (unpaired) electrons. The van der Waals surface area contributed by atoms with Gasteiger partial charge in [0.1, 0.15) is 6.04 Å². The van der Waals surface area contributed by atoms with E-state index in [0.29, 0.717) is 0 Å². The van der Waals surface area contributed by atoms with Gasteiger partial charge in [0.05, 0.1) is 7.11 Å². The number of hydrogen-bond donors (Lipinski definition) is 0. The van der Waals surface area contributed by atoms with Gasteiger partial charge in [0, 0.05) is 6.54 Å². The fourth-order valence-corrected chi connectivity index (χ4v) is 2.26. The first-order valence-corrected chi connectivity index (χ1v) is 6.92. The Bertz CT molecular complexity index is 403. The third-order valence-corrected chi connectivity index (χ3v) is 3.35. The highest BCUT2D eigenvalue weighted by atomic mass is 16.5. The number of carbonyl (C=O) groups excluding carboxylic acids is 1. The van der Waals surface area contributed by atoms with Crippen molar-refractivity contribution in [2.24, 2.45) is 0 Å². The molecule has 0 aliphatic heterocycles. The zero-order valence-corrected chi connectivity index (χ0v) is 12.5. The minimum absolute atomic E-state index is 0.136. The summed E-state index contributed by atoms with van der Waals surface area (Å²) < 4.78 is 4.91. The number of carbonyl (C=O) groups is 1. The van der Waals surface area contributed by atoms with E-state index in [1.165, 1.54) is 18.2 Å². The second-order valence-corrected chi connectivity index (χ2v) is 5.09. The first kappa shape index (κ1) is 15.7. The summed E-state index contributed by atoms with van der Waals surface area (Å²) in [4.78, 5) is 13.9. The Morgan fingerprint density at radius 3 is 2.74 bits per heavy atom. The van der Waals surface area contributed by atoms with Gasteiger partial charge in [0.25, 0.3) is 0 Å². The molecule has 0 heterocycles. The van der Waals surface area contributed by atoms with Crippen LogP contribution in [0.25, 0.3) is 0 Å². The highest BCUT2D eigenvalue weighted by Crippen LogP contribution is 2.14. The van der Waals surface area contributed by atoms with Crippen molar-refractivity contribution in [1.29, 1.82) is 0 Å². The molecule has 0 amide bonds. The molecule has 1 unspecified atom stereocenters. The van der Waals surface area contributed by atoms with E-state index in [-0.39, 0.29) is 12.0 Å². The molecule has 0 saturated carbocycles. The third-order valence-electron chi connectivity index (χ3n) is 3.35. The molecule has 0 saturated heterocycles. The topological polar surface area (TPSA) is 29.5 Å². The molecular formula is C16H25NO2. The first-order valence-electron chi connectivity index (χ1n) is 6.92. The Hall–Kier alpha value is -1.35. The van der Waals surface area contributed by atoms with Crippen molar-refractivity contribution >= 4 is 5.97 Å². The maximum absolute atomic E-state index is 11.9. The summed E-state index contributed by atoms with van der Waals surface area (Å²) >= 11 is 0. The number of ether oxygens (including phenoxy) is 1. The van der Waals surface area contributed by atoms with Crippen LogP contribution >= 0.6 is 0 Å². The number of aryl methyl sites for hydroxylation is 1. The zero-order chi connectivity index (χ0) is 14.3. The number of esters is 1. The Balaban J connectivity index is 2.70. The Morgan fingerprint density at radius 2 is 2.16 bits per heavy atom. The van der Waals surface area contributed by atoms with Gasteiger partial charge in [-0.1, -0.05) is 49.6 Å². The number of hydrogen-bond acceptors (Lipinski definition) is 3. The van der Waals surface area contributed by atoms with E-state index in [1.54, 1.807) is 0 Å². The minimum atomic E-state index is -0.148. The summed E-state index contributed by atoms with van der Waals surface area (Å²) in [5, 5.41) is 0. The van der Waals surface area contributed by atoms with Gasteiger partial charge in [-0.2, -0.15) is 0 Å². The van der Waals surface area contributed by atoms with E-state index in [1.807, 2.05) is 7.05 Å². The lowest BCUT2D eigenvalue weighted by Crippen LogP contribution is -2.38. The SMILES string of the molecule is CCCCC(C(=O)OC)N(C)Cc1cccc(C)c1. The van der Waals surface area contributed by atoms with Gasteiger partial charge < -0.3 is 4.74 Å². The van der Waals surface area contributed by atoms with Crippen LogP contribution in [0.4, 0.5) is 0 Å². The monoisotopic (exact) mass is 263 g/mol. The summed E-state index contributed by atoms with van der Waals surface area (Å²) in [6.07, 6.45) is 2.98. The molecule has 106 valence electrons. The lowest BCUT2D eigenvalue weighted by atomic mass is 10.1. The number of unbranched alkanes of at least 4 members (excludes halogenated alkanes) is 1. The average Bonchev–Trinajstić information content (AvgIpc) is 2.38. The van der Waals surface area contributed by atoms with Gasteiger partial charge in [-0.15, -0.1) is 0 Å². The molecule has 3 heteroatoms. The molecule has 1 aromatic carbocycles. The lowest BCUT2D eigenvalue weighted by Gasteiger charge is -2.26. The van der Waals surface area contributed by atoms with Crippen LogP contribution in [-0.4, -0.2) is 31.1 Å². The van der Waals surface area contributed by atoms with Gasteiger partial charge in [-0.25, -0.2) is 0 Å². The van der Waals surface area contributed by atoms with E-state index in [2.05, 4.69) is 43.0 Å². The van der Waals surface area contributed by atoms with Crippen molar-refractivity contribution in [1.82, 2.24) is 4.90 Å².